The molecule has 33 heavy (non-hydrogen) atoms. The Morgan fingerprint density at radius 2 is 1.94 bits per heavy atom. The first-order valence-corrected chi connectivity index (χ1v) is 12.4. The van der Waals surface area contributed by atoms with Gasteiger partial charge in [-0.3, -0.25) is 14.9 Å². The lowest BCUT2D eigenvalue weighted by Gasteiger charge is -2.36. The van der Waals surface area contributed by atoms with Crippen LogP contribution in [-0.4, -0.2) is 32.5 Å². The second kappa shape index (κ2) is 9.62. The van der Waals surface area contributed by atoms with Gasteiger partial charge in [0.05, 0.1) is 22.9 Å². The van der Waals surface area contributed by atoms with E-state index < -0.39 is 0 Å². The Balaban J connectivity index is 1.61. The molecule has 0 saturated heterocycles. The molecule has 1 aliphatic rings. The molecule has 2 N–H and O–H groups in total. The minimum absolute atomic E-state index is 0.344. The highest BCUT2D eigenvalue weighted by Crippen LogP contribution is 2.36. The molecular formula is C28H35N5. The van der Waals surface area contributed by atoms with E-state index in [1.807, 2.05) is 12.4 Å². The van der Waals surface area contributed by atoms with E-state index in [1.165, 1.54) is 39.5 Å². The SMILES string of the molecule is CC(C)CN(Cc1nccc2c3ccccc3n(CCCN)c12)[C@H]1CCCc2cccnc21. The number of rotatable bonds is 8. The Morgan fingerprint density at radius 3 is 2.79 bits per heavy atom. The largest absolute Gasteiger partial charge is 0.339 e. The molecule has 0 radical (unpaired) electrons. The predicted molar refractivity (Wildman–Crippen MR) is 136 cm³/mol. The maximum atomic E-state index is 5.91. The summed E-state index contributed by atoms with van der Waals surface area (Å²) in [6, 6.07) is 15.6. The number of nitrogens with two attached hydrogens (primary N) is 1. The Labute approximate surface area is 196 Å². The van der Waals surface area contributed by atoms with Crippen LogP contribution in [-0.2, 0) is 19.5 Å². The molecule has 5 nitrogen and oxygen atoms in total. The molecule has 0 bridgehead atoms. The van der Waals surface area contributed by atoms with Crippen molar-refractivity contribution in [2.24, 2.45) is 11.7 Å². The van der Waals surface area contributed by atoms with Crippen LogP contribution in [0.5, 0.6) is 0 Å². The molecule has 1 atom stereocenters. The van der Waals surface area contributed by atoms with Crippen LogP contribution in [0.3, 0.4) is 0 Å². The molecule has 5 heteroatoms. The van der Waals surface area contributed by atoms with Gasteiger partial charge >= 0.3 is 0 Å². The smallest absolute Gasteiger partial charge is 0.0786 e. The van der Waals surface area contributed by atoms with E-state index >= 15 is 0 Å². The number of nitrogens with zero attached hydrogens (tertiary/aromatic N) is 4. The third-order valence-corrected chi connectivity index (χ3v) is 6.90. The Kier molecular flexibility index (Phi) is 6.43. The van der Waals surface area contributed by atoms with Crippen molar-refractivity contribution in [3.63, 3.8) is 0 Å². The van der Waals surface area contributed by atoms with Crippen molar-refractivity contribution in [3.05, 3.63) is 71.8 Å². The normalized spacial score (nSPS) is 16.2. The van der Waals surface area contributed by atoms with Gasteiger partial charge in [-0.1, -0.05) is 38.1 Å². The van der Waals surface area contributed by atoms with Gasteiger partial charge in [-0.05, 0) is 61.9 Å². The number of hydrogen-bond donors (Lipinski definition) is 1. The molecule has 3 aromatic heterocycles. The summed E-state index contributed by atoms with van der Waals surface area (Å²) in [7, 11) is 0. The summed E-state index contributed by atoms with van der Waals surface area (Å²) in [4.78, 5) is 12.4. The summed E-state index contributed by atoms with van der Waals surface area (Å²) in [5, 5.41) is 2.59. The predicted octanol–water partition coefficient (Wildman–Crippen LogP) is 5.47. The molecular weight excluding hydrogens is 406 g/mol. The molecule has 0 amide bonds. The zero-order valence-electron chi connectivity index (χ0n) is 19.9. The second-order valence-corrected chi connectivity index (χ2v) is 9.74. The van der Waals surface area contributed by atoms with E-state index in [1.54, 1.807) is 0 Å². The highest BCUT2D eigenvalue weighted by atomic mass is 15.2. The van der Waals surface area contributed by atoms with Gasteiger partial charge in [-0.15, -0.1) is 0 Å². The van der Waals surface area contributed by atoms with Gasteiger partial charge in [0.1, 0.15) is 0 Å². The summed E-state index contributed by atoms with van der Waals surface area (Å²) in [5.41, 5.74) is 12.3. The van der Waals surface area contributed by atoms with Gasteiger partial charge in [0.25, 0.3) is 0 Å². The molecule has 0 spiro atoms. The van der Waals surface area contributed by atoms with Crippen LogP contribution in [0.2, 0.25) is 0 Å². The number of aromatic nitrogens is 3. The van der Waals surface area contributed by atoms with Gasteiger partial charge in [0, 0.05) is 48.3 Å². The monoisotopic (exact) mass is 441 g/mol. The Bertz CT molecular complexity index is 1240. The number of hydrogen-bond acceptors (Lipinski definition) is 4. The van der Waals surface area contributed by atoms with E-state index in [9.17, 15) is 0 Å². The average Bonchev–Trinajstić information content (AvgIpc) is 3.16. The first-order chi connectivity index (χ1) is 16.2. The first kappa shape index (κ1) is 22.1. The summed E-state index contributed by atoms with van der Waals surface area (Å²) in [6.45, 7) is 8.07. The Morgan fingerprint density at radius 1 is 1.06 bits per heavy atom. The van der Waals surface area contributed by atoms with E-state index in [0.29, 0.717) is 18.5 Å². The van der Waals surface area contributed by atoms with E-state index in [-0.39, 0.29) is 0 Å². The molecule has 0 saturated carbocycles. The Hall–Kier alpha value is -2.76. The average molecular weight is 442 g/mol. The standard InChI is InChI=1S/C28H35N5/c1-20(2)18-32(26-12-5-8-21-9-6-15-31-27(21)26)19-24-28-23(13-16-30-24)22-10-3-4-11-25(22)33(28)17-7-14-29/h3-4,6,9-11,13,15-16,20,26H,5,7-8,12,14,17-19,29H2,1-2H3/t26-/m0/s1. The van der Waals surface area contributed by atoms with Crippen LogP contribution >= 0.6 is 0 Å². The second-order valence-electron chi connectivity index (χ2n) is 9.74. The number of benzene rings is 1. The summed E-state index contributed by atoms with van der Waals surface area (Å²) >= 11 is 0. The third-order valence-electron chi connectivity index (χ3n) is 6.90. The van der Waals surface area contributed by atoms with E-state index in [4.69, 9.17) is 15.7 Å². The number of pyridine rings is 2. The van der Waals surface area contributed by atoms with Crippen molar-refractivity contribution in [2.45, 2.75) is 58.7 Å². The maximum Gasteiger partial charge on any atom is 0.0786 e. The number of para-hydroxylation sites is 1. The van der Waals surface area contributed by atoms with Crippen molar-refractivity contribution in [3.8, 4) is 0 Å². The van der Waals surface area contributed by atoms with E-state index in [0.717, 1.165) is 44.6 Å². The van der Waals surface area contributed by atoms with Crippen LogP contribution in [0.25, 0.3) is 21.8 Å². The maximum absolute atomic E-state index is 5.91. The first-order valence-electron chi connectivity index (χ1n) is 12.4. The van der Waals surface area contributed by atoms with Crippen molar-refractivity contribution >= 4 is 21.8 Å². The molecule has 5 rings (SSSR count). The fourth-order valence-electron chi connectivity index (χ4n) is 5.57. The lowest BCUT2D eigenvalue weighted by Crippen LogP contribution is -2.34. The highest BCUT2D eigenvalue weighted by molar-refractivity contribution is 6.08. The van der Waals surface area contributed by atoms with Crippen molar-refractivity contribution in [1.82, 2.24) is 19.4 Å². The molecule has 3 heterocycles. The number of aryl methyl sites for hydroxylation is 2. The highest BCUT2D eigenvalue weighted by Gasteiger charge is 2.29. The summed E-state index contributed by atoms with van der Waals surface area (Å²) in [5.74, 6) is 0.571. The molecule has 1 aromatic carbocycles. The minimum atomic E-state index is 0.344. The van der Waals surface area contributed by atoms with Crippen LogP contribution in [0.4, 0.5) is 0 Å². The van der Waals surface area contributed by atoms with Crippen LogP contribution in [0.15, 0.2) is 54.9 Å². The van der Waals surface area contributed by atoms with Gasteiger partial charge < -0.3 is 10.3 Å². The van der Waals surface area contributed by atoms with Crippen molar-refractivity contribution in [1.29, 1.82) is 0 Å². The van der Waals surface area contributed by atoms with E-state index in [2.05, 4.69) is 65.8 Å². The lowest BCUT2D eigenvalue weighted by molar-refractivity contribution is 0.146. The van der Waals surface area contributed by atoms with Crippen LogP contribution < -0.4 is 5.73 Å². The summed E-state index contributed by atoms with van der Waals surface area (Å²) in [6.07, 6.45) is 8.40. The fourth-order valence-corrected chi connectivity index (χ4v) is 5.57. The fraction of sp³-hybridized carbons (Fsp3) is 0.429. The minimum Gasteiger partial charge on any atom is -0.339 e. The molecule has 0 aliphatic heterocycles. The quantitative estimate of drug-likeness (QED) is 0.394. The zero-order valence-corrected chi connectivity index (χ0v) is 19.9. The van der Waals surface area contributed by atoms with Crippen LogP contribution in [0.1, 0.15) is 56.1 Å². The lowest BCUT2D eigenvalue weighted by atomic mass is 9.90. The van der Waals surface area contributed by atoms with Gasteiger partial charge in [0.2, 0.25) is 0 Å². The van der Waals surface area contributed by atoms with Crippen LogP contribution in [0, 0.1) is 5.92 Å². The summed E-state index contributed by atoms with van der Waals surface area (Å²) < 4.78 is 2.44. The van der Waals surface area contributed by atoms with Gasteiger partial charge in [0.15, 0.2) is 0 Å². The molecule has 172 valence electrons. The third kappa shape index (κ3) is 4.28. The van der Waals surface area contributed by atoms with Crippen molar-refractivity contribution < 1.29 is 0 Å². The number of fused-ring (bicyclic) bond motifs is 4. The molecule has 0 fully saturated rings. The van der Waals surface area contributed by atoms with Crippen molar-refractivity contribution in [2.75, 3.05) is 13.1 Å². The van der Waals surface area contributed by atoms with Gasteiger partial charge in [-0.25, -0.2) is 0 Å². The molecule has 1 aliphatic carbocycles. The molecule has 4 aromatic rings. The zero-order chi connectivity index (χ0) is 22.8. The molecule has 0 unspecified atom stereocenters. The topological polar surface area (TPSA) is 60.0 Å². The van der Waals surface area contributed by atoms with Gasteiger partial charge in [-0.2, -0.15) is 0 Å².